The Kier molecular flexibility index (Phi) is 27.7. The van der Waals surface area contributed by atoms with Crippen LogP contribution in [0.3, 0.4) is 0 Å². The Morgan fingerprint density at radius 3 is 1.24 bits per heavy atom. The van der Waals surface area contributed by atoms with Crippen LogP contribution < -0.4 is 26.5 Å². The number of aromatic nitrogens is 2. The van der Waals surface area contributed by atoms with E-state index in [1.807, 2.05) is 54.9 Å². The second-order valence-corrected chi connectivity index (χ2v) is 53.7. The summed E-state index contributed by atoms with van der Waals surface area (Å²) in [5.74, 6) is 0. The van der Waals surface area contributed by atoms with Crippen molar-refractivity contribution in [2.24, 2.45) is 0 Å². The van der Waals surface area contributed by atoms with Crippen LogP contribution in [0.1, 0.15) is 5.94 Å². The zero-order valence-electron chi connectivity index (χ0n) is 39.2. The first kappa shape index (κ1) is 55.8. The van der Waals surface area contributed by atoms with Gasteiger partial charge < -0.3 is 9.97 Å². The minimum atomic E-state index is -0.635. The van der Waals surface area contributed by atoms with Crippen molar-refractivity contribution in [2.45, 2.75) is 0 Å². The quantitative estimate of drug-likeness (QED) is 0.0903. The average Bonchev–Trinajstić information content (AvgIpc) is 3.42. The van der Waals surface area contributed by atoms with Crippen molar-refractivity contribution in [1.82, 2.24) is 9.97 Å². The van der Waals surface area contributed by atoms with E-state index < -0.39 is 7.92 Å². The molecule has 10 aromatic rings. The molecular weight excluding hydrogens is 1890 g/mol. The third-order valence-corrected chi connectivity index (χ3v) is 13.6. The van der Waals surface area contributed by atoms with Gasteiger partial charge in [-0.15, -0.1) is 59.7 Å². The summed E-state index contributed by atoms with van der Waals surface area (Å²) in [4.78, 5) is 8.89. The molecule has 0 spiro atoms. The first-order valence-electron chi connectivity index (χ1n) is 22.0. The Morgan fingerprint density at radius 1 is 0.463 bits per heavy atom. The maximum Gasteiger partial charge on any atom is 0.0239 e. The van der Waals surface area contributed by atoms with Crippen LogP contribution in [0, 0.1) is 12.1 Å². The Morgan fingerprint density at radius 2 is 0.821 bits per heavy atom. The van der Waals surface area contributed by atoms with Gasteiger partial charge in [-0.1, -0.05) is 216 Å². The Labute approximate surface area is 500 Å². The van der Waals surface area contributed by atoms with Gasteiger partial charge in [-0.3, -0.25) is 0 Å². The fraction of sp³-hybridized carbons (Fsp3) is 0. The van der Waals surface area contributed by atoms with Crippen LogP contribution in [0.15, 0.2) is 235 Å². The summed E-state index contributed by atoms with van der Waals surface area (Å²) in [5, 5.41) is 11.5. The molecule has 2 nitrogen and oxygen atoms in total. The predicted octanol–water partition coefficient (Wildman–Crippen LogP) is 17.2. The first-order valence-corrected chi connectivity index (χ1v) is 42.9. The summed E-state index contributed by atoms with van der Waals surface area (Å²) in [6, 6.07) is 82.4. The van der Waals surface area contributed by atoms with Crippen molar-refractivity contribution in [1.29, 1.82) is 0 Å². The molecule has 0 fully saturated rings. The van der Waals surface area contributed by atoms with Gasteiger partial charge in [0.15, 0.2) is 0 Å². The van der Waals surface area contributed by atoms with E-state index >= 15 is 0 Å². The van der Waals surface area contributed by atoms with Crippen LogP contribution in [0.5, 0.6) is 0 Å². The monoisotopic (exact) mass is 1940 g/mol. The Balaban J connectivity index is 0.000000352. The molecule has 0 saturated carbocycles. The molecule has 0 saturated heterocycles. The van der Waals surface area contributed by atoms with E-state index in [4.69, 9.17) is 10.9 Å². The molecule has 2 heterocycles. The molecule has 10 rings (SSSR count). The van der Waals surface area contributed by atoms with E-state index in [9.17, 15) is 0 Å². The van der Waals surface area contributed by atoms with Gasteiger partial charge in [0.2, 0.25) is 0 Å². The molecule has 0 aliphatic heterocycles. The molecule has 13 heteroatoms. The van der Waals surface area contributed by atoms with Crippen LogP contribution in [-0.4, -0.2) is 9.97 Å². The standard InChI is InChI=1S/C27H19NP.C15H9BrN.C12H11P.I2.3HI.2Ir.V.2H2/c1-3-13-24(14-4-1)29(25-15-5-2-6-16-25)26-17-9-12-22(18-26)27-19-21-10-7-8-11-23(21)20-28-27;16-14-7-3-6-12(8-14)15-9-11-4-1-2-5-13(11)10-17-15;1-3-7-11(8-4-1)13-12-9-5-2-6-10-12;1-2;;;;;;;;/h1-11,13-20H;1-5,7-10H;1-10,13H;;3*1H;;;;2*1H/q2*-1;;;;;;;;+3;;/p-3/i;;;;;;;;;;2*1+2T. The largest absolute Gasteiger partial charge is 0.304 e. The van der Waals surface area contributed by atoms with Crippen LogP contribution in [0.2, 0.25) is 0 Å². The molecule has 0 amide bonds. The minimum absolute atomic E-state index is 0. The van der Waals surface area contributed by atoms with Gasteiger partial charge in [0.05, 0.1) is 0 Å². The molecule has 2 aromatic heterocycles. The van der Waals surface area contributed by atoms with E-state index in [0.29, 0.717) is 0 Å². The SMILES string of the molecule is Brc1cc[c-]c(-c2cc3ccccc3cn2)c1.II.[3H][3H].[3H][3H].[I][V]([I])[I].[Ir].[Ir].[c-]1ccc(P(c2ccccc2)c2ccccc2)cc1-c1cc2ccccc2cn1.c1ccc(Pc2ccccc2)cc1. The van der Waals surface area contributed by atoms with Gasteiger partial charge >= 0.3 is 64.9 Å². The smallest absolute Gasteiger partial charge is 0.0239 e. The molecule has 346 valence electrons. The van der Waals surface area contributed by atoms with Gasteiger partial charge in [-0.05, 0) is 62.1 Å². The van der Waals surface area contributed by atoms with E-state index in [-0.39, 0.29) is 45.1 Å². The van der Waals surface area contributed by atoms with Gasteiger partial charge in [0.25, 0.3) is 0 Å². The Hall–Kier alpha value is -0.547. The van der Waals surface area contributed by atoms with E-state index in [0.717, 1.165) is 46.3 Å². The van der Waals surface area contributed by atoms with Gasteiger partial charge in [-0.2, -0.15) is 0 Å². The summed E-state index contributed by atoms with van der Waals surface area (Å²) in [6.07, 6.45) is 3.85. The molecule has 0 unspecified atom stereocenters. The number of nitrogens with zero attached hydrogens (tertiary/aromatic N) is 2. The van der Waals surface area contributed by atoms with Crippen LogP contribution >= 0.6 is 130 Å². The van der Waals surface area contributed by atoms with Crippen molar-refractivity contribution in [3.05, 3.63) is 247 Å². The molecule has 0 atom stereocenters. The van der Waals surface area contributed by atoms with E-state index in [2.05, 4.69) is 306 Å². The third kappa shape index (κ3) is 19.8. The topological polar surface area (TPSA) is 25.8 Å². The number of rotatable bonds is 7. The molecule has 8 aromatic carbocycles. The van der Waals surface area contributed by atoms with Crippen molar-refractivity contribution >= 4 is 178 Å². The Bertz CT molecular complexity index is 2910. The molecule has 0 N–H and O–H groups in total. The van der Waals surface area contributed by atoms with Gasteiger partial charge in [0, 0.05) is 95.8 Å². The number of pyridine rings is 2. The van der Waals surface area contributed by atoms with Crippen molar-refractivity contribution in [3.8, 4) is 22.5 Å². The average molecular weight is 1940 g/mol. The van der Waals surface area contributed by atoms with Crippen molar-refractivity contribution < 1.29 is 51.1 Å². The molecule has 0 bridgehead atoms. The first-order chi connectivity index (χ1) is 33.9. The molecule has 2 radical (unpaired) electrons. The number of hydrogen-bond acceptors (Lipinski definition) is 2. The molecule has 0 aliphatic rings. The van der Waals surface area contributed by atoms with Crippen LogP contribution in [0.4, 0.5) is 0 Å². The molecule has 67 heavy (non-hydrogen) atoms. The third-order valence-electron chi connectivity index (χ3n) is 9.49. The van der Waals surface area contributed by atoms with Crippen LogP contribution in [-0.2, 0) is 45.1 Å². The second kappa shape index (κ2) is 33.2. The second-order valence-electron chi connectivity index (χ2n) is 13.8. The summed E-state index contributed by atoms with van der Waals surface area (Å²) in [5.41, 5.74) is 3.95. The summed E-state index contributed by atoms with van der Waals surface area (Å²) < 4.78 is 21.0. The van der Waals surface area contributed by atoms with Crippen molar-refractivity contribution in [3.63, 3.8) is 0 Å². The summed E-state index contributed by atoms with van der Waals surface area (Å²) in [7, 11) is 0.142. The normalized spacial score (nSPS) is 10.3. The minimum Gasteiger partial charge on any atom is -0.304 e. The number of fused-ring (bicyclic) bond motifs is 2. The van der Waals surface area contributed by atoms with Gasteiger partial charge in [0.1, 0.15) is 0 Å². The van der Waals surface area contributed by atoms with Crippen molar-refractivity contribution in [2.75, 3.05) is 0 Å². The molecule has 0 aliphatic carbocycles. The fourth-order valence-electron chi connectivity index (χ4n) is 6.60. The molecular formula is C54H43BrI5Ir2N2P2V-2. The zero-order valence-corrected chi connectivity index (χ0v) is 55.6. The zero-order chi connectivity index (χ0) is 49.6. The van der Waals surface area contributed by atoms with E-state index in [1.165, 1.54) is 37.3 Å². The summed E-state index contributed by atoms with van der Waals surface area (Å²) in [6.45, 7) is 0. The predicted molar refractivity (Wildman–Crippen MR) is 333 cm³/mol. The maximum atomic E-state index is 5.00. The number of benzene rings is 8. The number of halogens is 6. The van der Waals surface area contributed by atoms with Crippen LogP contribution in [0.25, 0.3) is 44.1 Å². The summed E-state index contributed by atoms with van der Waals surface area (Å²) >= 11 is 15.1. The maximum absolute atomic E-state index is 5.00. The van der Waals surface area contributed by atoms with Gasteiger partial charge in [-0.25, -0.2) is 0 Å². The number of hydrogen-bond donors (Lipinski definition) is 0. The fourth-order valence-corrected chi connectivity index (χ4v) is 10.3. The van der Waals surface area contributed by atoms with E-state index in [1.54, 1.807) is 0 Å².